The molecule has 5 aromatic rings. The molecule has 0 amide bonds. The molecule has 0 spiro atoms. The van der Waals surface area contributed by atoms with Crippen molar-refractivity contribution in [2.75, 3.05) is 0 Å². The Morgan fingerprint density at radius 2 is 1.88 bits per heavy atom. The molecule has 5 rings (SSSR count). The van der Waals surface area contributed by atoms with Gasteiger partial charge in [-0.25, -0.2) is 0 Å². The summed E-state index contributed by atoms with van der Waals surface area (Å²) in [5, 5.41) is 15.2. The molecule has 0 fully saturated rings. The molecule has 0 aliphatic heterocycles. The Morgan fingerprint density at radius 1 is 1.12 bits per heavy atom. The summed E-state index contributed by atoms with van der Waals surface area (Å²) in [4.78, 5) is 28.2. The maximum absolute atomic E-state index is 12.9. The molecule has 9 nitrogen and oxygen atoms in total. The molecule has 0 atom stereocenters. The third-order valence-corrected chi connectivity index (χ3v) is 5.97. The van der Waals surface area contributed by atoms with E-state index >= 15 is 0 Å². The van der Waals surface area contributed by atoms with Gasteiger partial charge in [-0.05, 0) is 49.4 Å². The van der Waals surface area contributed by atoms with Crippen LogP contribution >= 0.6 is 11.3 Å². The van der Waals surface area contributed by atoms with Gasteiger partial charge in [-0.15, -0.1) is 5.10 Å². The minimum absolute atomic E-state index is 0.0194. The highest BCUT2D eigenvalue weighted by Gasteiger charge is 2.12. The van der Waals surface area contributed by atoms with Crippen molar-refractivity contribution in [3.63, 3.8) is 0 Å². The van der Waals surface area contributed by atoms with Gasteiger partial charge in [0.15, 0.2) is 5.82 Å². The van der Waals surface area contributed by atoms with Gasteiger partial charge in [-0.1, -0.05) is 29.0 Å². The molecule has 0 saturated carbocycles. The molecule has 10 heteroatoms. The Kier molecular flexibility index (Phi) is 5.19. The first kappa shape index (κ1) is 20.6. The van der Waals surface area contributed by atoms with Gasteiger partial charge in [0.1, 0.15) is 16.9 Å². The average Bonchev–Trinajstić information content (AvgIpc) is 3.51. The van der Waals surface area contributed by atoms with Crippen LogP contribution < -0.4 is 14.8 Å². The molecule has 0 radical (unpaired) electrons. The monoisotopic (exact) mass is 459 g/mol. The molecule has 0 aliphatic carbocycles. The lowest BCUT2D eigenvalue weighted by Gasteiger charge is -2.05. The average molecular weight is 459 g/mol. The Labute approximate surface area is 191 Å². The number of aryl methyl sites for hydroxylation is 1. The predicted molar refractivity (Wildman–Crippen MR) is 124 cm³/mol. The number of aromatic nitrogens is 4. The van der Waals surface area contributed by atoms with Crippen LogP contribution in [0.3, 0.4) is 0 Å². The first-order valence-corrected chi connectivity index (χ1v) is 10.8. The second-order valence-electron chi connectivity index (χ2n) is 7.32. The van der Waals surface area contributed by atoms with E-state index in [4.69, 9.17) is 4.74 Å². The lowest BCUT2D eigenvalue weighted by Crippen LogP contribution is -2.24. The SMILES string of the molecule is Cc1ccc(OCc2nc3sc(=Cc4cccn4-c4ccc([N+](=O)[O-])cc4)c(=O)n3n2)cc1. The Bertz CT molecular complexity index is 1570. The summed E-state index contributed by atoms with van der Waals surface area (Å²) in [6.07, 6.45) is 3.59. The summed E-state index contributed by atoms with van der Waals surface area (Å²) >= 11 is 1.24. The van der Waals surface area contributed by atoms with Gasteiger partial charge in [0.05, 0.1) is 4.92 Å². The fraction of sp³-hybridized carbons (Fsp3) is 0.0870. The third kappa shape index (κ3) is 4.11. The molecular weight excluding hydrogens is 442 g/mol. The number of hydrogen-bond acceptors (Lipinski definition) is 7. The van der Waals surface area contributed by atoms with Gasteiger partial charge in [0.2, 0.25) is 4.96 Å². The van der Waals surface area contributed by atoms with Crippen LogP contribution in [-0.2, 0) is 6.61 Å². The highest BCUT2D eigenvalue weighted by molar-refractivity contribution is 7.15. The zero-order valence-electron chi connectivity index (χ0n) is 17.4. The molecule has 3 aromatic heterocycles. The first-order valence-electron chi connectivity index (χ1n) is 10.00. The molecule has 33 heavy (non-hydrogen) atoms. The van der Waals surface area contributed by atoms with Crippen molar-refractivity contribution in [2.45, 2.75) is 13.5 Å². The number of nitro benzene ring substituents is 1. The van der Waals surface area contributed by atoms with Crippen molar-refractivity contribution in [3.8, 4) is 11.4 Å². The van der Waals surface area contributed by atoms with E-state index in [1.807, 2.05) is 54.1 Å². The van der Waals surface area contributed by atoms with Crippen molar-refractivity contribution in [2.24, 2.45) is 0 Å². The van der Waals surface area contributed by atoms with E-state index in [0.29, 0.717) is 21.1 Å². The number of non-ortho nitro benzene ring substituents is 1. The Balaban J connectivity index is 1.41. The number of ether oxygens (including phenoxy) is 1. The lowest BCUT2D eigenvalue weighted by molar-refractivity contribution is -0.384. The molecule has 164 valence electrons. The van der Waals surface area contributed by atoms with Crippen molar-refractivity contribution in [1.29, 1.82) is 0 Å². The summed E-state index contributed by atoms with van der Waals surface area (Å²) in [5.74, 6) is 1.14. The highest BCUT2D eigenvalue weighted by atomic mass is 32.1. The second kappa shape index (κ2) is 8.32. The second-order valence-corrected chi connectivity index (χ2v) is 8.33. The van der Waals surface area contributed by atoms with Crippen molar-refractivity contribution in [1.82, 2.24) is 19.2 Å². The maximum atomic E-state index is 12.9. The Hall–Kier alpha value is -4.31. The van der Waals surface area contributed by atoms with Crippen LogP contribution in [0.4, 0.5) is 5.69 Å². The fourth-order valence-corrected chi connectivity index (χ4v) is 4.25. The van der Waals surface area contributed by atoms with E-state index in [-0.39, 0.29) is 17.9 Å². The topological polar surface area (TPSA) is 105 Å². The molecule has 2 aromatic carbocycles. The van der Waals surface area contributed by atoms with Crippen molar-refractivity contribution >= 4 is 28.1 Å². The number of fused-ring (bicyclic) bond motifs is 1. The van der Waals surface area contributed by atoms with Gasteiger partial charge >= 0.3 is 0 Å². The quantitative estimate of drug-likeness (QED) is 0.285. The summed E-state index contributed by atoms with van der Waals surface area (Å²) in [6.45, 7) is 2.17. The van der Waals surface area contributed by atoms with Gasteiger partial charge in [0.25, 0.3) is 11.2 Å². The molecule has 0 N–H and O–H groups in total. The van der Waals surface area contributed by atoms with Gasteiger partial charge < -0.3 is 9.30 Å². The van der Waals surface area contributed by atoms with Gasteiger partial charge in [-0.2, -0.15) is 9.50 Å². The largest absolute Gasteiger partial charge is 0.486 e. The highest BCUT2D eigenvalue weighted by Crippen LogP contribution is 2.18. The smallest absolute Gasteiger partial charge is 0.291 e. The summed E-state index contributed by atoms with van der Waals surface area (Å²) in [6, 6.07) is 17.6. The fourth-order valence-electron chi connectivity index (χ4n) is 3.33. The van der Waals surface area contributed by atoms with E-state index in [9.17, 15) is 14.9 Å². The number of rotatable bonds is 6. The lowest BCUT2D eigenvalue weighted by atomic mass is 10.2. The Morgan fingerprint density at radius 3 is 2.58 bits per heavy atom. The minimum Gasteiger partial charge on any atom is -0.486 e. The predicted octanol–water partition coefficient (Wildman–Crippen LogP) is 3.29. The zero-order chi connectivity index (χ0) is 22.9. The van der Waals surface area contributed by atoms with E-state index in [1.165, 1.54) is 28.0 Å². The standard InChI is InChI=1S/C23H17N5O4S/c1-15-4-10-19(11-5-15)32-14-21-24-23-27(25-21)22(29)20(33-23)13-18-3-2-12-26(18)16-6-8-17(9-7-16)28(30)31/h2-13H,14H2,1H3. The molecule has 0 saturated heterocycles. The van der Waals surface area contributed by atoms with Crippen LogP contribution in [0, 0.1) is 17.0 Å². The summed E-state index contributed by atoms with van der Waals surface area (Å²) < 4.78 is 9.31. The molecule has 0 unspecified atom stereocenters. The maximum Gasteiger partial charge on any atom is 0.291 e. The number of nitro groups is 1. The molecule has 0 aliphatic rings. The molecular formula is C23H17N5O4S. The van der Waals surface area contributed by atoms with Crippen LogP contribution in [0.5, 0.6) is 5.75 Å². The van der Waals surface area contributed by atoms with Crippen LogP contribution in [0.2, 0.25) is 0 Å². The van der Waals surface area contributed by atoms with Crippen molar-refractivity contribution in [3.05, 3.63) is 109 Å². The molecule has 3 heterocycles. The zero-order valence-corrected chi connectivity index (χ0v) is 18.2. The van der Waals surface area contributed by atoms with Crippen LogP contribution in [0.15, 0.2) is 71.7 Å². The van der Waals surface area contributed by atoms with E-state index in [0.717, 1.165) is 16.9 Å². The third-order valence-electron chi connectivity index (χ3n) is 5.01. The first-order chi connectivity index (χ1) is 16.0. The van der Waals surface area contributed by atoms with E-state index in [1.54, 1.807) is 18.2 Å². The number of thiazole rings is 1. The van der Waals surface area contributed by atoms with Gasteiger partial charge in [0, 0.05) is 29.7 Å². The van der Waals surface area contributed by atoms with Crippen LogP contribution in [-0.4, -0.2) is 24.1 Å². The number of benzene rings is 2. The van der Waals surface area contributed by atoms with E-state index in [2.05, 4.69) is 10.1 Å². The normalized spacial score (nSPS) is 11.8. The van der Waals surface area contributed by atoms with Crippen LogP contribution in [0.1, 0.15) is 17.1 Å². The number of hydrogen-bond donors (Lipinski definition) is 0. The van der Waals surface area contributed by atoms with Crippen molar-refractivity contribution < 1.29 is 9.66 Å². The van der Waals surface area contributed by atoms with E-state index < -0.39 is 4.92 Å². The summed E-state index contributed by atoms with van der Waals surface area (Å²) in [5.41, 5.74) is 2.40. The summed E-state index contributed by atoms with van der Waals surface area (Å²) in [7, 11) is 0. The van der Waals surface area contributed by atoms with Crippen LogP contribution in [0.25, 0.3) is 16.7 Å². The number of nitrogens with zero attached hydrogens (tertiary/aromatic N) is 5. The minimum atomic E-state index is -0.440. The van der Waals surface area contributed by atoms with Gasteiger partial charge in [-0.3, -0.25) is 14.9 Å². The molecule has 0 bridgehead atoms.